The van der Waals surface area contributed by atoms with Crippen LogP contribution in [0, 0.1) is 0 Å². The van der Waals surface area contributed by atoms with Gasteiger partial charge in [-0.3, -0.25) is 9.69 Å². The van der Waals surface area contributed by atoms with Crippen LogP contribution in [0.25, 0.3) is 10.2 Å². The van der Waals surface area contributed by atoms with Gasteiger partial charge in [0.15, 0.2) is 0 Å². The summed E-state index contributed by atoms with van der Waals surface area (Å²) in [5.74, 6) is 0. The van der Waals surface area contributed by atoms with Crippen LogP contribution < -0.4 is 5.56 Å². The van der Waals surface area contributed by atoms with Gasteiger partial charge in [0.1, 0.15) is 11.2 Å². The molecule has 2 aromatic carbocycles. The summed E-state index contributed by atoms with van der Waals surface area (Å²) < 4.78 is 1.32. The van der Waals surface area contributed by atoms with Crippen LogP contribution >= 0.6 is 22.9 Å². The van der Waals surface area contributed by atoms with Gasteiger partial charge in [-0.05, 0) is 35.2 Å². The number of aromatic nitrogens is 2. The van der Waals surface area contributed by atoms with E-state index in [9.17, 15) is 4.79 Å². The fourth-order valence-corrected chi connectivity index (χ4v) is 5.11. The first kappa shape index (κ1) is 19.2. The second-order valence-corrected chi connectivity index (χ2v) is 8.84. The van der Waals surface area contributed by atoms with Crippen molar-refractivity contribution in [2.75, 3.05) is 6.54 Å². The summed E-state index contributed by atoms with van der Waals surface area (Å²) in [6.45, 7) is 2.69. The Bertz CT molecular complexity index is 1280. The van der Waals surface area contributed by atoms with Crippen molar-refractivity contribution in [1.29, 1.82) is 0 Å². The van der Waals surface area contributed by atoms with E-state index in [1.54, 1.807) is 29.7 Å². The van der Waals surface area contributed by atoms with Gasteiger partial charge in [-0.25, -0.2) is 4.98 Å². The first-order chi connectivity index (χ1) is 14.7. The van der Waals surface area contributed by atoms with Crippen molar-refractivity contribution in [2.45, 2.75) is 19.5 Å². The van der Waals surface area contributed by atoms with E-state index in [4.69, 9.17) is 11.6 Å². The zero-order valence-corrected chi connectivity index (χ0v) is 17.7. The molecule has 0 unspecified atom stereocenters. The van der Waals surface area contributed by atoms with Crippen molar-refractivity contribution in [1.82, 2.24) is 14.6 Å². The lowest BCUT2D eigenvalue weighted by atomic mass is 10.0. The Labute approximate surface area is 182 Å². The smallest absolute Gasteiger partial charge is 0.282 e. The molecular weight excluding hydrogens is 416 g/mol. The van der Waals surface area contributed by atoms with Crippen molar-refractivity contribution < 1.29 is 0 Å². The summed E-state index contributed by atoms with van der Waals surface area (Å²) in [6, 6.07) is 17.8. The molecular formula is C23H19ClN4OS. The van der Waals surface area contributed by atoms with Gasteiger partial charge in [0, 0.05) is 29.5 Å². The molecule has 0 aliphatic carbocycles. The van der Waals surface area contributed by atoms with Gasteiger partial charge in [0.25, 0.3) is 5.56 Å². The maximum atomic E-state index is 13.1. The highest BCUT2D eigenvalue weighted by atomic mass is 35.5. The minimum atomic E-state index is -0.112. The predicted molar refractivity (Wildman–Crippen MR) is 123 cm³/mol. The number of benzene rings is 2. The maximum Gasteiger partial charge on any atom is 0.282 e. The van der Waals surface area contributed by atoms with E-state index < -0.39 is 0 Å². The SMILES string of the molecule is O=c1c2c3c(sc2ncn1/N=C/c1ccc(Cl)cc1)CN(Cc1ccccc1)CC3. The lowest BCUT2D eigenvalue weighted by molar-refractivity contribution is 0.249. The summed E-state index contributed by atoms with van der Waals surface area (Å²) in [4.78, 5) is 22.1. The van der Waals surface area contributed by atoms with Gasteiger partial charge in [0.05, 0.1) is 11.6 Å². The highest BCUT2D eigenvalue weighted by Gasteiger charge is 2.23. The monoisotopic (exact) mass is 434 g/mol. The third-order valence-corrected chi connectivity index (χ3v) is 6.65. The molecule has 0 bridgehead atoms. The van der Waals surface area contributed by atoms with E-state index in [1.165, 1.54) is 21.4 Å². The molecule has 0 radical (unpaired) electrons. The number of hydrogen-bond donors (Lipinski definition) is 0. The zero-order chi connectivity index (χ0) is 20.5. The second-order valence-electron chi connectivity index (χ2n) is 7.32. The van der Waals surface area contributed by atoms with Gasteiger partial charge in [-0.2, -0.15) is 9.78 Å². The molecule has 1 aliphatic heterocycles. The summed E-state index contributed by atoms with van der Waals surface area (Å²) in [6.07, 6.45) is 4.00. The van der Waals surface area contributed by atoms with Crippen LogP contribution in [0.2, 0.25) is 5.02 Å². The zero-order valence-electron chi connectivity index (χ0n) is 16.2. The summed E-state index contributed by atoms with van der Waals surface area (Å²) in [7, 11) is 0. The van der Waals surface area contributed by atoms with Crippen LogP contribution in [0.1, 0.15) is 21.6 Å². The van der Waals surface area contributed by atoms with E-state index in [0.717, 1.165) is 42.0 Å². The molecule has 0 fully saturated rings. The van der Waals surface area contributed by atoms with Gasteiger partial charge in [-0.1, -0.05) is 54.1 Å². The number of nitrogens with zero attached hydrogens (tertiary/aromatic N) is 4. The third-order valence-electron chi connectivity index (χ3n) is 5.27. The topological polar surface area (TPSA) is 50.5 Å². The van der Waals surface area contributed by atoms with Crippen molar-refractivity contribution in [3.8, 4) is 0 Å². The molecule has 2 aromatic heterocycles. The molecule has 0 saturated heterocycles. The van der Waals surface area contributed by atoms with Crippen LogP contribution in [0.4, 0.5) is 0 Å². The average molecular weight is 435 g/mol. The van der Waals surface area contributed by atoms with E-state index in [0.29, 0.717) is 10.4 Å². The standard InChI is InChI=1S/C23H19ClN4OS/c24-18-8-6-16(7-9-18)12-26-28-15-25-22-21(23(28)29)19-10-11-27(14-20(19)30-22)13-17-4-2-1-3-5-17/h1-9,12,15H,10-11,13-14H2/b26-12+. The Balaban J connectivity index is 1.43. The fourth-order valence-electron chi connectivity index (χ4n) is 3.76. The highest BCUT2D eigenvalue weighted by Crippen LogP contribution is 2.32. The predicted octanol–water partition coefficient (Wildman–Crippen LogP) is 4.55. The van der Waals surface area contributed by atoms with Crippen LogP contribution in [0.3, 0.4) is 0 Å². The minimum Gasteiger partial charge on any atom is -0.294 e. The fraction of sp³-hybridized carbons (Fsp3) is 0.174. The normalized spacial score (nSPS) is 14.4. The Kier molecular flexibility index (Phi) is 5.21. The molecule has 0 spiro atoms. The largest absolute Gasteiger partial charge is 0.294 e. The number of fused-ring (bicyclic) bond motifs is 3. The number of hydrogen-bond acceptors (Lipinski definition) is 5. The Morgan fingerprint density at radius 2 is 1.93 bits per heavy atom. The lowest BCUT2D eigenvalue weighted by Gasteiger charge is -2.26. The molecule has 0 amide bonds. The average Bonchev–Trinajstić information content (AvgIpc) is 3.14. The highest BCUT2D eigenvalue weighted by molar-refractivity contribution is 7.18. The molecule has 1 aliphatic rings. The summed E-state index contributed by atoms with van der Waals surface area (Å²) in [5, 5.41) is 5.70. The van der Waals surface area contributed by atoms with Crippen molar-refractivity contribution >= 4 is 39.4 Å². The molecule has 0 N–H and O–H groups in total. The van der Waals surface area contributed by atoms with E-state index in [1.807, 2.05) is 18.2 Å². The molecule has 5 rings (SSSR count). The van der Waals surface area contributed by atoms with E-state index in [-0.39, 0.29) is 5.56 Å². The Morgan fingerprint density at radius 3 is 2.73 bits per heavy atom. The van der Waals surface area contributed by atoms with Crippen LogP contribution in [0.5, 0.6) is 0 Å². The Morgan fingerprint density at radius 1 is 1.13 bits per heavy atom. The first-order valence-corrected chi connectivity index (χ1v) is 10.9. The van der Waals surface area contributed by atoms with Crippen LogP contribution in [-0.4, -0.2) is 27.3 Å². The van der Waals surface area contributed by atoms with Crippen molar-refractivity contribution in [2.24, 2.45) is 5.10 Å². The minimum absolute atomic E-state index is 0.112. The Hall–Kier alpha value is -2.80. The third kappa shape index (κ3) is 3.81. The molecule has 7 heteroatoms. The van der Waals surface area contributed by atoms with Crippen LogP contribution in [-0.2, 0) is 19.5 Å². The quantitative estimate of drug-likeness (QED) is 0.443. The van der Waals surface area contributed by atoms with Gasteiger partial charge >= 0.3 is 0 Å². The number of thiophene rings is 1. The molecule has 5 nitrogen and oxygen atoms in total. The number of rotatable bonds is 4. The van der Waals surface area contributed by atoms with E-state index in [2.05, 4.69) is 39.3 Å². The van der Waals surface area contributed by atoms with Gasteiger partial charge in [-0.15, -0.1) is 11.3 Å². The first-order valence-electron chi connectivity index (χ1n) is 9.75. The molecule has 150 valence electrons. The molecule has 30 heavy (non-hydrogen) atoms. The molecule has 0 atom stereocenters. The maximum absolute atomic E-state index is 13.1. The summed E-state index contributed by atoms with van der Waals surface area (Å²) >= 11 is 7.54. The van der Waals surface area contributed by atoms with Gasteiger partial charge < -0.3 is 0 Å². The van der Waals surface area contributed by atoms with E-state index >= 15 is 0 Å². The molecule has 4 aromatic rings. The van der Waals surface area contributed by atoms with Crippen molar-refractivity contribution in [3.63, 3.8) is 0 Å². The lowest BCUT2D eigenvalue weighted by Crippen LogP contribution is -2.29. The summed E-state index contributed by atoms with van der Waals surface area (Å²) in [5.41, 5.74) is 3.20. The number of halogens is 1. The molecule has 0 saturated carbocycles. The van der Waals surface area contributed by atoms with Crippen molar-refractivity contribution in [3.05, 3.63) is 97.9 Å². The van der Waals surface area contributed by atoms with Crippen LogP contribution in [0.15, 0.2) is 70.8 Å². The second kappa shape index (κ2) is 8.14. The molecule has 3 heterocycles. The van der Waals surface area contributed by atoms with Gasteiger partial charge in [0.2, 0.25) is 0 Å².